The lowest BCUT2D eigenvalue weighted by Crippen LogP contribution is -2.20. The van der Waals surface area contributed by atoms with Crippen molar-refractivity contribution in [2.45, 2.75) is 40.2 Å². The van der Waals surface area contributed by atoms with Gasteiger partial charge in [-0.3, -0.25) is 9.48 Å². The minimum Gasteiger partial charge on any atom is -0.471 e. The molecule has 2 aromatic heterocycles. The van der Waals surface area contributed by atoms with E-state index in [0.717, 1.165) is 15.8 Å². The van der Waals surface area contributed by atoms with Gasteiger partial charge in [-0.1, -0.05) is 29.3 Å². The van der Waals surface area contributed by atoms with Crippen molar-refractivity contribution in [2.75, 3.05) is 5.32 Å². The van der Waals surface area contributed by atoms with Gasteiger partial charge in [0.15, 0.2) is 12.4 Å². The molecule has 30 heavy (non-hydrogen) atoms. The number of carbonyl (C=O) groups is 1. The molecule has 0 aliphatic rings. The van der Waals surface area contributed by atoms with Crippen LogP contribution in [0, 0.1) is 20.8 Å². The first-order valence-electron chi connectivity index (χ1n) is 8.87. The van der Waals surface area contributed by atoms with Crippen molar-refractivity contribution < 1.29 is 22.7 Å². The molecular weight excluding hydrogens is 423 g/mol. The molecule has 2 heterocycles. The second-order valence-corrected chi connectivity index (χ2v) is 7.14. The number of nitrogens with one attached hydrogen (secondary N) is 1. The Labute approximate surface area is 175 Å². The number of ether oxygens (including phenoxy) is 1. The zero-order valence-electron chi connectivity index (χ0n) is 16.4. The molecule has 1 amide bonds. The zero-order chi connectivity index (χ0) is 22.1. The minimum absolute atomic E-state index is 0.0525. The van der Waals surface area contributed by atoms with E-state index in [1.54, 1.807) is 6.20 Å². The van der Waals surface area contributed by atoms with Gasteiger partial charge in [0, 0.05) is 0 Å². The lowest BCUT2D eigenvalue weighted by molar-refractivity contribution is -0.141. The Bertz CT molecular complexity index is 1070. The van der Waals surface area contributed by atoms with Gasteiger partial charge in [-0.15, -0.1) is 0 Å². The zero-order valence-corrected chi connectivity index (χ0v) is 17.2. The molecule has 0 aliphatic heterocycles. The van der Waals surface area contributed by atoms with E-state index in [9.17, 15) is 18.0 Å². The van der Waals surface area contributed by atoms with Crippen LogP contribution in [0.25, 0.3) is 0 Å². The molecular formula is C19H19ClF3N5O2. The van der Waals surface area contributed by atoms with Gasteiger partial charge in [0.1, 0.15) is 12.3 Å². The molecule has 0 aliphatic carbocycles. The molecule has 0 bridgehead atoms. The quantitative estimate of drug-likeness (QED) is 0.617. The average Bonchev–Trinajstić information content (AvgIpc) is 3.20. The monoisotopic (exact) mass is 441 g/mol. The van der Waals surface area contributed by atoms with Gasteiger partial charge >= 0.3 is 6.18 Å². The lowest BCUT2D eigenvalue weighted by Gasteiger charge is -2.09. The van der Waals surface area contributed by atoms with Crippen LogP contribution in [-0.2, 0) is 24.2 Å². The SMILES string of the molecule is Cc1ccc(OCn2cc(NC(=O)Cn3nc(C(F)(F)F)c(Cl)c3C)cn2)c(C)c1. The highest BCUT2D eigenvalue weighted by Gasteiger charge is 2.38. The first kappa shape index (κ1) is 21.7. The second-order valence-electron chi connectivity index (χ2n) is 6.76. The summed E-state index contributed by atoms with van der Waals surface area (Å²) in [6.07, 6.45) is -1.74. The Morgan fingerprint density at radius 1 is 1.27 bits per heavy atom. The van der Waals surface area contributed by atoms with E-state index in [4.69, 9.17) is 16.3 Å². The third-order valence-corrected chi connectivity index (χ3v) is 4.75. The van der Waals surface area contributed by atoms with E-state index >= 15 is 0 Å². The Morgan fingerprint density at radius 3 is 2.63 bits per heavy atom. The first-order valence-corrected chi connectivity index (χ1v) is 9.25. The fourth-order valence-electron chi connectivity index (χ4n) is 2.79. The Hall–Kier alpha value is -3.01. The molecule has 0 unspecified atom stereocenters. The molecule has 3 aromatic rings. The summed E-state index contributed by atoms with van der Waals surface area (Å²) in [7, 11) is 0. The van der Waals surface area contributed by atoms with E-state index in [2.05, 4.69) is 15.5 Å². The molecule has 3 rings (SSSR count). The maximum atomic E-state index is 12.9. The number of aryl methyl sites for hydroxylation is 2. The molecule has 0 radical (unpaired) electrons. The molecule has 11 heteroatoms. The number of amides is 1. The molecule has 0 fully saturated rings. The topological polar surface area (TPSA) is 74.0 Å². The number of benzene rings is 1. The Balaban J connectivity index is 1.60. The van der Waals surface area contributed by atoms with E-state index in [0.29, 0.717) is 11.4 Å². The van der Waals surface area contributed by atoms with Gasteiger partial charge in [-0.25, -0.2) is 4.68 Å². The van der Waals surface area contributed by atoms with Crippen LogP contribution in [0.4, 0.5) is 18.9 Å². The first-order chi connectivity index (χ1) is 14.0. The van der Waals surface area contributed by atoms with E-state index in [-0.39, 0.29) is 12.4 Å². The minimum atomic E-state index is -4.69. The van der Waals surface area contributed by atoms with Crippen molar-refractivity contribution in [3.8, 4) is 5.75 Å². The summed E-state index contributed by atoms with van der Waals surface area (Å²) >= 11 is 5.69. The fourth-order valence-corrected chi connectivity index (χ4v) is 3.03. The predicted octanol–water partition coefficient (Wildman–Crippen LogP) is 4.35. The van der Waals surface area contributed by atoms with Crippen molar-refractivity contribution in [2.24, 2.45) is 0 Å². The van der Waals surface area contributed by atoms with Crippen LogP contribution in [0.1, 0.15) is 22.5 Å². The van der Waals surface area contributed by atoms with Crippen LogP contribution >= 0.6 is 11.6 Å². The molecule has 1 N–H and O–H groups in total. The number of halogens is 4. The maximum Gasteiger partial charge on any atom is 0.436 e. The number of aromatic nitrogens is 4. The van der Waals surface area contributed by atoms with Gasteiger partial charge < -0.3 is 10.1 Å². The summed E-state index contributed by atoms with van der Waals surface area (Å²) in [5, 5.41) is 9.53. The number of carbonyl (C=O) groups excluding carboxylic acids is 1. The summed E-state index contributed by atoms with van der Waals surface area (Å²) in [6, 6.07) is 5.80. The largest absolute Gasteiger partial charge is 0.471 e. The van der Waals surface area contributed by atoms with Gasteiger partial charge in [0.05, 0.1) is 28.8 Å². The smallest absolute Gasteiger partial charge is 0.436 e. The summed E-state index contributed by atoms with van der Waals surface area (Å²) in [5.74, 6) is 0.147. The van der Waals surface area contributed by atoms with Crippen molar-refractivity contribution in [1.82, 2.24) is 19.6 Å². The van der Waals surface area contributed by atoms with Crippen LogP contribution in [-0.4, -0.2) is 25.5 Å². The van der Waals surface area contributed by atoms with Crippen LogP contribution in [0.2, 0.25) is 5.02 Å². The molecule has 0 saturated heterocycles. The van der Waals surface area contributed by atoms with Crippen molar-refractivity contribution in [1.29, 1.82) is 0 Å². The van der Waals surface area contributed by atoms with Gasteiger partial charge in [-0.2, -0.15) is 23.4 Å². The number of hydrogen-bond donors (Lipinski definition) is 1. The van der Waals surface area contributed by atoms with Gasteiger partial charge in [-0.05, 0) is 32.4 Å². The van der Waals surface area contributed by atoms with Crippen LogP contribution in [0.15, 0.2) is 30.6 Å². The van der Waals surface area contributed by atoms with Crippen LogP contribution in [0.3, 0.4) is 0 Å². The van der Waals surface area contributed by atoms with Gasteiger partial charge in [0.25, 0.3) is 0 Å². The lowest BCUT2D eigenvalue weighted by atomic mass is 10.1. The third kappa shape index (κ3) is 4.93. The fraction of sp³-hybridized carbons (Fsp3) is 0.316. The summed E-state index contributed by atoms with van der Waals surface area (Å²) in [6.45, 7) is 4.99. The Kier molecular flexibility index (Phi) is 6.06. The van der Waals surface area contributed by atoms with Crippen molar-refractivity contribution in [3.05, 3.63) is 58.1 Å². The molecule has 0 saturated carbocycles. The normalized spacial score (nSPS) is 11.6. The molecule has 0 spiro atoms. The molecule has 0 atom stereocenters. The summed E-state index contributed by atoms with van der Waals surface area (Å²) in [5.41, 5.74) is 1.32. The number of anilines is 1. The average molecular weight is 442 g/mol. The number of nitrogens with zero attached hydrogens (tertiary/aromatic N) is 4. The second kappa shape index (κ2) is 8.39. The van der Waals surface area contributed by atoms with Crippen LogP contribution in [0.5, 0.6) is 5.75 Å². The third-order valence-electron chi connectivity index (χ3n) is 4.30. The molecule has 160 valence electrons. The number of alkyl halides is 3. The highest BCUT2D eigenvalue weighted by atomic mass is 35.5. The predicted molar refractivity (Wildman–Crippen MR) is 104 cm³/mol. The maximum absolute atomic E-state index is 12.9. The highest BCUT2D eigenvalue weighted by Crippen LogP contribution is 2.35. The molecule has 1 aromatic carbocycles. The molecule has 7 nitrogen and oxygen atoms in total. The van der Waals surface area contributed by atoms with E-state index in [1.807, 2.05) is 32.0 Å². The summed E-state index contributed by atoms with van der Waals surface area (Å²) < 4.78 is 46.8. The van der Waals surface area contributed by atoms with Crippen LogP contribution < -0.4 is 10.1 Å². The van der Waals surface area contributed by atoms with Crippen molar-refractivity contribution in [3.63, 3.8) is 0 Å². The number of rotatable bonds is 6. The Morgan fingerprint density at radius 2 is 2.00 bits per heavy atom. The number of hydrogen-bond acceptors (Lipinski definition) is 4. The van der Waals surface area contributed by atoms with E-state index in [1.165, 1.54) is 17.8 Å². The van der Waals surface area contributed by atoms with E-state index < -0.39 is 29.3 Å². The summed E-state index contributed by atoms with van der Waals surface area (Å²) in [4.78, 5) is 12.2. The standard InChI is InChI=1S/C19H19ClF3N5O2/c1-11-4-5-15(12(2)6-11)30-10-27-8-14(7-24-27)25-16(29)9-28-13(3)17(20)18(26-28)19(21,22)23/h4-8H,9-10H2,1-3H3,(H,25,29). The van der Waals surface area contributed by atoms with Crippen molar-refractivity contribution >= 4 is 23.2 Å². The van der Waals surface area contributed by atoms with Gasteiger partial charge in [0.2, 0.25) is 5.91 Å². The highest BCUT2D eigenvalue weighted by molar-refractivity contribution is 6.32.